The fourth-order valence-electron chi connectivity index (χ4n) is 5.56. The normalized spacial score (nSPS) is 11.4. The summed E-state index contributed by atoms with van der Waals surface area (Å²) >= 11 is 0. The summed E-state index contributed by atoms with van der Waals surface area (Å²) in [5.41, 5.74) is 3.72. The maximum Gasteiger partial charge on any atom is 2.00 e. The largest absolute Gasteiger partial charge is 2.00 e. The number of hydrogen-bond acceptors (Lipinski definition) is 4. The number of aryl methyl sites for hydroxylation is 1. The molecule has 3 aromatic carbocycles. The zero-order chi connectivity index (χ0) is 34.3. The fraction of sp³-hybridized carbons (Fsp3) is 0.500. The molecule has 0 aromatic heterocycles. The Morgan fingerprint density at radius 2 is 1.02 bits per heavy atom. The van der Waals surface area contributed by atoms with Crippen LogP contribution < -0.4 is 10.2 Å². The number of benzene rings is 3. The third-order valence-electron chi connectivity index (χ3n) is 8.55. The molecule has 0 fully saturated rings. The molecule has 5 heteroatoms. The Morgan fingerprint density at radius 1 is 0.551 bits per heavy atom. The van der Waals surface area contributed by atoms with Gasteiger partial charge in [0, 0.05) is 0 Å². The minimum atomic E-state index is -0.419. The van der Waals surface area contributed by atoms with Crippen molar-refractivity contribution in [2.24, 2.45) is 9.98 Å². The van der Waals surface area contributed by atoms with Crippen molar-refractivity contribution < 1.29 is 26.7 Å². The van der Waals surface area contributed by atoms with Crippen molar-refractivity contribution in [3.05, 3.63) is 96.6 Å². The van der Waals surface area contributed by atoms with Crippen LogP contribution in [0.5, 0.6) is 11.5 Å². The molecular formula is C44H62N2NiO2. The van der Waals surface area contributed by atoms with E-state index in [1.807, 2.05) is 73.8 Å². The molecule has 0 saturated heterocycles. The summed E-state index contributed by atoms with van der Waals surface area (Å²) in [4.78, 5) is 9.37. The SMILES string of the molecule is CCCCCCCCCCCCCCCCCCCCC=CC(C=Nc1ccccc1)=Nc1ccccc1.CCc1ccc([O-])c([O-])c1.[Ni+2]. The first kappa shape index (κ1) is 43.9. The Hall–Kier alpha value is -3.17. The topological polar surface area (TPSA) is 70.8 Å². The quantitative estimate of drug-likeness (QED) is 0.0528. The maximum absolute atomic E-state index is 10.7. The maximum atomic E-state index is 10.7. The van der Waals surface area contributed by atoms with Gasteiger partial charge in [-0.3, -0.25) is 4.99 Å². The molecule has 4 nitrogen and oxygen atoms in total. The fourth-order valence-corrected chi connectivity index (χ4v) is 5.56. The Balaban J connectivity index is 0.000000931. The number of unbranched alkanes of at least 4 members (excludes halogenated alkanes) is 18. The van der Waals surface area contributed by atoms with Gasteiger partial charge >= 0.3 is 16.5 Å². The third-order valence-corrected chi connectivity index (χ3v) is 8.55. The van der Waals surface area contributed by atoms with Gasteiger partial charge in [0.1, 0.15) is 0 Å². The van der Waals surface area contributed by atoms with E-state index >= 15 is 0 Å². The van der Waals surface area contributed by atoms with Gasteiger partial charge in [-0.2, -0.15) is 0 Å². The minimum Gasteiger partial charge on any atom is -0.873 e. The molecule has 0 radical (unpaired) electrons. The van der Waals surface area contributed by atoms with Gasteiger partial charge in [0.25, 0.3) is 0 Å². The van der Waals surface area contributed by atoms with Crippen LogP contribution >= 0.6 is 0 Å². The molecule has 0 atom stereocenters. The first-order valence-corrected chi connectivity index (χ1v) is 19.0. The minimum absolute atomic E-state index is 0. The van der Waals surface area contributed by atoms with Crippen molar-refractivity contribution in [3.63, 3.8) is 0 Å². The van der Waals surface area contributed by atoms with Crippen molar-refractivity contribution in [1.82, 2.24) is 0 Å². The first-order valence-electron chi connectivity index (χ1n) is 19.0. The van der Waals surface area contributed by atoms with Gasteiger partial charge in [-0.05, 0) is 55.2 Å². The van der Waals surface area contributed by atoms with Crippen molar-refractivity contribution in [3.8, 4) is 11.5 Å². The molecule has 0 unspecified atom stereocenters. The van der Waals surface area contributed by atoms with Crippen molar-refractivity contribution in [1.29, 1.82) is 0 Å². The molecule has 0 saturated carbocycles. The molecule has 0 aliphatic carbocycles. The van der Waals surface area contributed by atoms with E-state index in [2.05, 4.69) is 24.1 Å². The molecule has 0 heterocycles. The molecule has 0 bridgehead atoms. The van der Waals surface area contributed by atoms with Gasteiger partial charge in [0.2, 0.25) is 0 Å². The van der Waals surface area contributed by atoms with Gasteiger partial charge in [0.05, 0.1) is 23.3 Å². The molecule has 270 valence electrons. The van der Waals surface area contributed by atoms with E-state index in [9.17, 15) is 10.2 Å². The monoisotopic (exact) mass is 708 g/mol. The van der Waals surface area contributed by atoms with E-state index in [4.69, 9.17) is 4.99 Å². The summed E-state index contributed by atoms with van der Waals surface area (Å²) in [5, 5.41) is 21.3. The zero-order valence-corrected chi connectivity index (χ0v) is 31.4. The number of aliphatic imine (C=N–C) groups is 2. The van der Waals surface area contributed by atoms with Crippen LogP contribution in [0.2, 0.25) is 0 Å². The standard InChI is InChI=1S/C36H54N2.C8H10O2.Ni/c1-2-3-4-5-6-7-8-9-10-11-12-13-14-15-16-17-18-19-20-23-32-36(38-35-30-26-22-27-31-35)33-37-34-28-24-21-25-29-34;1-2-6-3-4-7(9)8(10)5-6;/h21-33H,2-20H2,1H3;3-5,9-10H,2H2,1H3;/q;;+2/p-2. The van der Waals surface area contributed by atoms with Crippen LogP contribution in [0.3, 0.4) is 0 Å². The summed E-state index contributed by atoms with van der Waals surface area (Å²) in [6.45, 7) is 4.24. The van der Waals surface area contributed by atoms with Crippen LogP contribution in [0, 0.1) is 0 Å². The van der Waals surface area contributed by atoms with Crippen LogP contribution in [-0.2, 0) is 22.9 Å². The van der Waals surface area contributed by atoms with Gasteiger partial charge in [-0.15, -0.1) is 11.5 Å². The van der Waals surface area contributed by atoms with Gasteiger partial charge in [-0.1, -0.05) is 184 Å². The molecule has 3 aromatic rings. The van der Waals surface area contributed by atoms with E-state index < -0.39 is 11.5 Å². The van der Waals surface area contributed by atoms with Crippen LogP contribution in [-0.4, -0.2) is 11.9 Å². The molecule has 49 heavy (non-hydrogen) atoms. The summed E-state index contributed by atoms with van der Waals surface area (Å²) in [5.74, 6) is -0.823. The predicted molar refractivity (Wildman–Crippen MR) is 205 cm³/mol. The van der Waals surface area contributed by atoms with E-state index in [1.165, 1.54) is 128 Å². The molecule has 3 rings (SSSR count). The summed E-state index contributed by atoms with van der Waals surface area (Å²) in [7, 11) is 0. The average molecular weight is 710 g/mol. The van der Waals surface area contributed by atoms with Crippen molar-refractivity contribution >= 4 is 23.3 Å². The summed E-state index contributed by atoms with van der Waals surface area (Å²) < 4.78 is 0. The Morgan fingerprint density at radius 3 is 1.49 bits per heavy atom. The Labute approximate surface area is 309 Å². The van der Waals surface area contributed by atoms with Crippen LogP contribution in [0.1, 0.15) is 141 Å². The van der Waals surface area contributed by atoms with E-state index in [-0.39, 0.29) is 16.5 Å². The van der Waals surface area contributed by atoms with Gasteiger partial charge < -0.3 is 10.2 Å². The van der Waals surface area contributed by atoms with E-state index in [1.54, 1.807) is 6.07 Å². The Kier molecular flexibility index (Phi) is 27.6. The molecule has 0 amide bonds. The number of nitrogens with zero attached hydrogens (tertiary/aromatic N) is 2. The predicted octanol–water partition coefficient (Wildman–Crippen LogP) is 12.5. The second-order valence-electron chi connectivity index (χ2n) is 12.8. The van der Waals surface area contributed by atoms with Crippen molar-refractivity contribution in [2.75, 3.05) is 0 Å². The number of hydrogen-bond donors (Lipinski definition) is 0. The zero-order valence-electron chi connectivity index (χ0n) is 30.4. The third kappa shape index (κ3) is 23.8. The average Bonchev–Trinajstić information content (AvgIpc) is 3.12. The molecule has 0 spiro atoms. The van der Waals surface area contributed by atoms with E-state index in [0.717, 1.165) is 35.5 Å². The summed E-state index contributed by atoms with van der Waals surface area (Å²) in [6, 6.07) is 24.6. The number of para-hydroxylation sites is 2. The second kappa shape index (κ2) is 30.9. The van der Waals surface area contributed by atoms with Crippen LogP contribution in [0.25, 0.3) is 0 Å². The molecule has 0 N–H and O–H groups in total. The van der Waals surface area contributed by atoms with Crippen LogP contribution in [0.4, 0.5) is 11.4 Å². The molecular weight excluding hydrogens is 647 g/mol. The van der Waals surface area contributed by atoms with Crippen molar-refractivity contribution in [2.45, 2.75) is 142 Å². The summed E-state index contributed by atoms with van der Waals surface area (Å²) in [6.07, 6.45) is 33.7. The molecule has 0 aliphatic rings. The van der Waals surface area contributed by atoms with E-state index in [0.29, 0.717) is 0 Å². The molecule has 0 aliphatic heterocycles. The smallest absolute Gasteiger partial charge is 0.873 e. The van der Waals surface area contributed by atoms with Gasteiger partial charge in [-0.25, -0.2) is 4.99 Å². The van der Waals surface area contributed by atoms with Crippen LogP contribution in [0.15, 0.2) is 101 Å². The first-order chi connectivity index (χ1) is 23.6. The number of allylic oxidation sites excluding steroid dienone is 2. The Bertz CT molecular complexity index is 1270. The number of rotatable bonds is 24. The van der Waals surface area contributed by atoms with Gasteiger partial charge in [0.15, 0.2) is 0 Å². The second-order valence-corrected chi connectivity index (χ2v) is 12.8.